The van der Waals surface area contributed by atoms with Crippen LogP contribution in [-0.4, -0.2) is 22.9 Å². The van der Waals surface area contributed by atoms with Gasteiger partial charge in [-0.2, -0.15) is 9.19 Å². The summed E-state index contributed by atoms with van der Waals surface area (Å²) in [5, 5.41) is 3.87. The number of hydrogen-bond donors (Lipinski definition) is 0. The van der Waals surface area contributed by atoms with E-state index in [0.29, 0.717) is 0 Å². The van der Waals surface area contributed by atoms with Gasteiger partial charge in [-0.05, 0) is 49.3 Å². The molecule has 0 atom stereocenters. The van der Waals surface area contributed by atoms with Gasteiger partial charge < -0.3 is 0 Å². The molecule has 0 spiro atoms. The molecule has 0 aromatic carbocycles. The van der Waals surface area contributed by atoms with Gasteiger partial charge in [-0.25, -0.2) is 8.42 Å². The zero-order valence-electron chi connectivity index (χ0n) is 7.99. The summed E-state index contributed by atoms with van der Waals surface area (Å²) in [5.41, 5.74) is 1.52. The van der Waals surface area contributed by atoms with Crippen LogP contribution in [0.4, 0.5) is 0 Å². The Hall–Kier alpha value is -0.110. The minimum atomic E-state index is -3.20. The van der Waals surface area contributed by atoms with Crippen molar-refractivity contribution in [3.8, 4) is 0 Å². The summed E-state index contributed by atoms with van der Waals surface area (Å²) in [5.74, 6) is 0. The number of hydrogen-bond acceptors (Lipinski definition) is 3. The summed E-state index contributed by atoms with van der Waals surface area (Å²) in [7, 11) is -3.20. The van der Waals surface area contributed by atoms with E-state index < -0.39 is 10.0 Å². The average Bonchev–Trinajstić information content (AvgIpc) is 2.90. The summed E-state index contributed by atoms with van der Waals surface area (Å²) in [6, 6.07) is 0. The van der Waals surface area contributed by atoms with E-state index in [4.69, 9.17) is 0 Å². The Kier molecular flexibility index (Phi) is 2.37. The van der Waals surface area contributed by atoms with Crippen molar-refractivity contribution in [1.29, 1.82) is 0 Å². The predicted molar refractivity (Wildman–Crippen MR) is 61.8 cm³/mol. The molecule has 1 aliphatic carbocycles. The van der Waals surface area contributed by atoms with Crippen LogP contribution < -0.4 is 0 Å². The van der Waals surface area contributed by atoms with Crippen molar-refractivity contribution in [2.75, 3.05) is 0 Å². The van der Waals surface area contributed by atoms with Gasteiger partial charge in [0, 0.05) is 0 Å². The van der Waals surface area contributed by atoms with Crippen LogP contribution in [-0.2, 0) is 10.0 Å². The third-order valence-electron chi connectivity index (χ3n) is 2.35. The minimum Gasteiger partial charge on any atom is -0.204 e. The molecule has 6 heteroatoms. The maximum atomic E-state index is 11.9. The molecule has 78 valence electrons. The van der Waals surface area contributed by atoms with Crippen LogP contribution in [0, 0.1) is 17.4 Å². The molecule has 2 rings (SSSR count). The van der Waals surface area contributed by atoms with Crippen LogP contribution in [0.5, 0.6) is 0 Å². The summed E-state index contributed by atoms with van der Waals surface area (Å²) in [4.78, 5) is 0. The second-order valence-corrected chi connectivity index (χ2v) is 6.69. The summed E-state index contributed by atoms with van der Waals surface area (Å²) < 4.78 is 25.9. The third-order valence-corrected chi connectivity index (χ3v) is 6.06. The van der Waals surface area contributed by atoms with E-state index in [1.165, 1.54) is 4.09 Å². The van der Waals surface area contributed by atoms with Crippen molar-refractivity contribution in [3.05, 3.63) is 15.0 Å². The van der Waals surface area contributed by atoms with Crippen molar-refractivity contribution in [3.63, 3.8) is 0 Å². The predicted octanol–water partition coefficient (Wildman–Crippen LogP) is 1.44. The van der Waals surface area contributed by atoms with Crippen LogP contribution in [0.1, 0.15) is 24.2 Å². The monoisotopic (exact) mass is 326 g/mol. The molecule has 0 saturated heterocycles. The van der Waals surface area contributed by atoms with Crippen molar-refractivity contribution in [1.82, 2.24) is 9.19 Å². The van der Waals surface area contributed by atoms with E-state index >= 15 is 0 Å². The zero-order valence-corrected chi connectivity index (χ0v) is 11.0. The van der Waals surface area contributed by atoms with E-state index in [9.17, 15) is 8.42 Å². The fourth-order valence-corrected chi connectivity index (χ4v) is 3.58. The molecule has 1 heterocycles. The molecule has 1 aromatic rings. The Labute approximate surface area is 96.9 Å². The minimum absolute atomic E-state index is 0.198. The number of nitrogens with zero attached hydrogens (tertiary/aromatic N) is 2. The van der Waals surface area contributed by atoms with Crippen molar-refractivity contribution in [2.24, 2.45) is 0 Å². The fourth-order valence-electron chi connectivity index (χ4n) is 1.36. The number of rotatable bonds is 2. The summed E-state index contributed by atoms with van der Waals surface area (Å²) >= 11 is 2.13. The molecule has 14 heavy (non-hydrogen) atoms. The molecule has 0 bridgehead atoms. The first kappa shape index (κ1) is 10.4. The third kappa shape index (κ3) is 1.48. The lowest BCUT2D eigenvalue weighted by atomic mass is 10.4. The molecule has 0 amide bonds. The highest BCUT2D eigenvalue weighted by molar-refractivity contribution is 14.1. The van der Waals surface area contributed by atoms with E-state index in [0.717, 1.165) is 27.8 Å². The number of halogens is 1. The first-order valence-electron chi connectivity index (χ1n) is 4.40. The smallest absolute Gasteiger partial charge is 0.204 e. The second kappa shape index (κ2) is 3.19. The van der Waals surface area contributed by atoms with Gasteiger partial charge in [0.15, 0.2) is 0 Å². The fraction of sp³-hybridized carbons (Fsp3) is 0.625. The van der Waals surface area contributed by atoms with Gasteiger partial charge in [0.2, 0.25) is 0 Å². The van der Waals surface area contributed by atoms with E-state index in [1.54, 1.807) is 6.92 Å². The molecular formula is C8H11IN2O2S. The highest BCUT2D eigenvalue weighted by Gasteiger charge is 2.38. The van der Waals surface area contributed by atoms with E-state index in [1.807, 2.05) is 6.92 Å². The van der Waals surface area contributed by atoms with Crippen LogP contribution in [0.2, 0.25) is 0 Å². The lowest BCUT2D eigenvalue weighted by Crippen LogP contribution is -2.20. The molecule has 0 aliphatic heterocycles. The SMILES string of the molecule is Cc1nn(S(=O)(=O)C2CC2)c(C)c1I. The summed E-state index contributed by atoms with van der Waals surface area (Å²) in [6.07, 6.45) is 1.55. The maximum absolute atomic E-state index is 11.9. The van der Waals surface area contributed by atoms with E-state index in [2.05, 4.69) is 27.7 Å². The Morgan fingerprint density at radius 2 is 2.00 bits per heavy atom. The highest BCUT2D eigenvalue weighted by Crippen LogP contribution is 2.31. The van der Waals surface area contributed by atoms with Gasteiger partial charge in [0.05, 0.1) is 20.2 Å². The van der Waals surface area contributed by atoms with Crippen LogP contribution >= 0.6 is 22.6 Å². The first-order valence-corrected chi connectivity index (χ1v) is 6.99. The van der Waals surface area contributed by atoms with Gasteiger partial charge in [0.25, 0.3) is 10.0 Å². The highest BCUT2D eigenvalue weighted by atomic mass is 127. The van der Waals surface area contributed by atoms with Gasteiger partial charge in [0.1, 0.15) is 0 Å². The molecule has 4 nitrogen and oxygen atoms in total. The van der Waals surface area contributed by atoms with Crippen LogP contribution in [0.25, 0.3) is 0 Å². The zero-order chi connectivity index (χ0) is 10.5. The Morgan fingerprint density at radius 3 is 2.36 bits per heavy atom. The van der Waals surface area contributed by atoms with Crippen molar-refractivity contribution >= 4 is 32.6 Å². The Bertz CT molecular complexity index is 474. The van der Waals surface area contributed by atoms with E-state index in [-0.39, 0.29) is 5.25 Å². The molecule has 1 aromatic heterocycles. The molecule has 1 saturated carbocycles. The maximum Gasteiger partial charge on any atom is 0.256 e. The molecule has 0 N–H and O–H groups in total. The molecular weight excluding hydrogens is 315 g/mol. The normalized spacial score (nSPS) is 17.4. The Balaban J connectivity index is 2.56. The first-order chi connectivity index (χ1) is 6.44. The second-order valence-electron chi connectivity index (χ2n) is 3.57. The largest absolute Gasteiger partial charge is 0.256 e. The lowest BCUT2D eigenvalue weighted by Gasteiger charge is -2.03. The van der Waals surface area contributed by atoms with Crippen molar-refractivity contribution < 1.29 is 8.42 Å². The molecule has 0 radical (unpaired) electrons. The lowest BCUT2D eigenvalue weighted by molar-refractivity contribution is 0.576. The molecule has 0 unspecified atom stereocenters. The van der Waals surface area contributed by atoms with Gasteiger partial charge in [-0.3, -0.25) is 0 Å². The summed E-state index contributed by atoms with van der Waals surface area (Å²) in [6.45, 7) is 3.62. The standard InChI is InChI=1S/C8H11IN2O2S/c1-5-8(9)6(2)11(10-5)14(12,13)7-3-4-7/h7H,3-4H2,1-2H3. The topological polar surface area (TPSA) is 52.0 Å². The van der Waals surface area contributed by atoms with Gasteiger partial charge in [-0.1, -0.05) is 0 Å². The van der Waals surface area contributed by atoms with Crippen LogP contribution in [0.3, 0.4) is 0 Å². The van der Waals surface area contributed by atoms with Gasteiger partial charge in [-0.15, -0.1) is 0 Å². The Morgan fingerprint density at radius 1 is 1.43 bits per heavy atom. The molecule has 1 aliphatic rings. The van der Waals surface area contributed by atoms with Gasteiger partial charge >= 0.3 is 0 Å². The molecule has 1 fully saturated rings. The average molecular weight is 326 g/mol. The number of aryl methyl sites for hydroxylation is 1. The quantitative estimate of drug-likeness (QED) is 0.773. The number of aromatic nitrogens is 2. The van der Waals surface area contributed by atoms with Crippen LogP contribution in [0.15, 0.2) is 0 Å². The van der Waals surface area contributed by atoms with Crippen molar-refractivity contribution in [2.45, 2.75) is 31.9 Å².